The lowest BCUT2D eigenvalue weighted by molar-refractivity contribution is -0.0401. The second kappa shape index (κ2) is 5.24. The predicted octanol–water partition coefficient (Wildman–Crippen LogP) is 1.01. The lowest BCUT2D eigenvalue weighted by Crippen LogP contribution is -2.62. The lowest BCUT2D eigenvalue weighted by Gasteiger charge is -2.42. The van der Waals surface area contributed by atoms with E-state index in [1.807, 2.05) is 0 Å². The first-order chi connectivity index (χ1) is 8.51. The van der Waals surface area contributed by atoms with Crippen LogP contribution in [0.2, 0.25) is 0 Å². The first-order valence-corrected chi connectivity index (χ1v) is 6.21. The Kier molecular flexibility index (Phi) is 4.29. The highest BCUT2D eigenvalue weighted by Crippen LogP contribution is 2.22. The van der Waals surface area contributed by atoms with E-state index in [1.165, 1.54) is 6.92 Å². The Balaban J connectivity index is 2.60. The van der Waals surface area contributed by atoms with Crippen LogP contribution >= 0.6 is 0 Å². The largest absolute Gasteiger partial charge is 0.465 e. The van der Waals surface area contributed by atoms with Gasteiger partial charge in [-0.15, -0.1) is 0 Å². The Morgan fingerprint density at radius 2 is 2.00 bits per heavy atom. The summed E-state index contributed by atoms with van der Waals surface area (Å²) in [7, 11) is 0. The molecular formula is C12H22N2O5. The van der Waals surface area contributed by atoms with Crippen LogP contribution in [-0.2, 0) is 4.74 Å². The second-order valence-corrected chi connectivity index (χ2v) is 6.05. The standard InChI is InChI=1S/C12H22N2O5/c1-11(2,3)19-9(15)13-8-5-6-14(10(16)17)7-12(8,4)18/h8,18H,5-7H2,1-4H3,(H,13,15)(H,16,17)/t8-,12-/m0/s1. The molecule has 7 heteroatoms. The van der Waals surface area contributed by atoms with Gasteiger partial charge < -0.3 is 25.2 Å². The van der Waals surface area contributed by atoms with E-state index in [0.29, 0.717) is 6.42 Å². The molecule has 0 aromatic carbocycles. The van der Waals surface area contributed by atoms with E-state index in [2.05, 4.69) is 5.32 Å². The number of nitrogens with zero attached hydrogens (tertiary/aromatic N) is 1. The van der Waals surface area contributed by atoms with Crippen LogP contribution in [0, 0.1) is 0 Å². The van der Waals surface area contributed by atoms with E-state index >= 15 is 0 Å². The molecule has 1 aliphatic heterocycles. The maximum Gasteiger partial charge on any atom is 0.407 e. The van der Waals surface area contributed by atoms with Gasteiger partial charge in [0.15, 0.2) is 0 Å². The third-order valence-corrected chi connectivity index (χ3v) is 2.91. The maximum atomic E-state index is 11.7. The summed E-state index contributed by atoms with van der Waals surface area (Å²) in [6.07, 6.45) is -1.34. The van der Waals surface area contributed by atoms with Crippen molar-refractivity contribution in [1.82, 2.24) is 10.2 Å². The molecule has 0 aliphatic carbocycles. The Hall–Kier alpha value is -1.50. The van der Waals surface area contributed by atoms with Gasteiger partial charge in [0.1, 0.15) is 5.60 Å². The van der Waals surface area contributed by atoms with E-state index in [-0.39, 0.29) is 13.1 Å². The molecule has 0 aromatic heterocycles. The number of aliphatic hydroxyl groups is 1. The molecule has 0 aromatic rings. The van der Waals surface area contributed by atoms with Gasteiger partial charge in [-0.1, -0.05) is 0 Å². The summed E-state index contributed by atoms with van der Waals surface area (Å²) < 4.78 is 5.12. The SMILES string of the molecule is CC(C)(C)OC(=O)N[C@H]1CCN(C(=O)O)C[C@]1(C)O. The smallest absolute Gasteiger partial charge is 0.407 e. The molecule has 1 rings (SSSR count). The van der Waals surface area contributed by atoms with E-state index in [0.717, 1.165) is 4.90 Å². The molecule has 0 spiro atoms. The van der Waals surface area contributed by atoms with E-state index in [4.69, 9.17) is 9.84 Å². The van der Waals surface area contributed by atoms with Gasteiger partial charge in [0.25, 0.3) is 0 Å². The number of carbonyl (C=O) groups excluding carboxylic acids is 1. The molecule has 2 atom stereocenters. The van der Waals surface area contributed by atoms with Gasteiger partial charge in [0.05, 0.1) is 18.2 Å². The number of rotatable bonds is 1. The van der Waals surface area contributed by atoms with Gasteiger partial charge in [-0.25, -0.2) is 9.59 Å². The molecule has 110 valence electrons. The molecule has 0 unspecified atom stereocenters. The van der Waals surface area contributed by atoms with Crippen molar-refractivity contribution in [1.29, 1.82) is 0 Å². The summed E-state index contributed by atoms with van der Waals surface area (Å²) in [5, 5.41) is 21.7. The number of ether oxygens (including phenoxy) is 1. The minimum Gasteiger partial charge on any atom is -0.465 e. The van der Waals surface area contributed by atoms with Crippen molar-refractivity contribution in [3.8, 4) is 0 Å². The third-order valence-electron chi connectivity index (χ3n) is 2.91. The van der Waals surface area contributed by atoms with Gasteiger partial charge in [-0.2, -0.15) is 0 Å². The van der Waals surface area contributed by atoms with Crippen molar-refractivity contribution in [2.45, 2.75) is 51.4 Å². The molecule has 7 nitrogen and oxygen atoms in total. The van der Waals surface area contributed by atoms with Gasteiger partial charge in [0.2, 0.25) is 0 Å². The normalized spacial score (nSPS) is 27.8. The average Bonchev–Trinajstić information content (AvgIpc) is 2.17. The van der Waals surface area contributed by atoms with Gasteiger partial charge in [-0.05, 0) is 34.1 Å². The molecule has 1 saturated heterocycles. The molecule has 3 N–H and O–H groups in total. The number of nitrogens with one attached hydrogen (secondary N) is 1. The van der Waals surface area contributed by atoms with Gasteiger partial charge in [-0.3, -0.25) is 0 Å². The van der Waals surface area contributed by atoms with Crippen LogP contribution in [0.15, 0.2) is 0 Å². The van der Waals surface area contributed by atoms with Crippen molar-refractivity contribution in [3.05, 3.63) is 0 Å². The minimum absolute atomic E-state index is 0.0389. The molecule has 0 radical (unpaired) electrons. The summed E-state index contributed by atoms with van der Waals surface area (Å²) in [5.41, 5.74) is -1.93. The Labute approximate surface area is 112 Å². The Bertz CT molecular complexity index is 362. The first-order valence-electron chi connectivity index (χ1n) is 6.21. The van der Waals surface area contributed by atoms with E-state index in [1.54, 1.807) is 20.8 Å². The monoisotopic (exact) mass is 274 g/mol. The van der Waals surface area contributed by atoms with Crippen molar-refractivity contribution < 1.29 is 24.5 Å². The van der Waals surface area contributed by atoms with E-state index in [9.17, 15) is 14.7 Å². The van der Waals surface area contributed by atoms with Crippen molar-refractivity contribution in [2.75, 3.05) is 13.1 Å². The van der Waals surface area contributed by atoms with Crippen LogP contribution in [0.1, 0.15) is 34.1 Å². The molecular weight excluding hydrogens is 252 g/mol. The van der Waals surface area contributed by atoms with Crippen LogP contribution in [0.25, 0.3) is 0 Å². The fourth-order valence-corrected chi connectivity index (χ4v) is 2.01. The quantitative estimate of drug-likeness (QED) is 0.663. The average molecular weight is 274 g/mol. The number of amides is 2. The number of β-amino-alcohol motifs (C(OH)–C–C–N with tert-alkyl or cyclic N) is 1. The lowest BCUT2D eigenvalue weighted by atomic mass is 9.89. The molecule has 0 bridgehead atoms. The number of alkyl carbamates (subject to hydrolysis) is 1. The summed E-state index contributed by atoms with van der Waals surface area (Å²) >= 11 is 0. The molecule has 0 saturated carbocycles. The van der Waals surface area contributed by atoms with E-state index < -0.39 is 29.4 Å². The predicted molar refractivity (Wildman–Crippen MR) is 68.0 cm³/mol. The van der Waals surface area contributed by atoms with Crippen LogP contribution in [-0.4, -0.2) is 57.6 Å². The number of piperidine rings is 1. The molecule has 1 aliphatic rings. The fourth-order valence-electron chi connectivity index (χ4n) is 2.01. The molecule has 19 heavy (non-hydrogen) atoms. The number of likely N-dealkylation sites (tertiary alicyclic amines) is 1. The molecule has 2 amide bonds. The summed E-state index contributed by atoms with van der Waals surface area (Å²) in [5.74, 6) is 0. The van der Waals surface area contributed by atoms with Gasteiger partial charge >= 0.3 is 12.2 Å². The number of carbonyl (C=O) groups is 2. The molecule has 1 heterocycles. The Morgan fingerprint density at radius 3 is 2.42 bits per heavy atom. The van der Waals surface area contributed by atoms with Crippen LogP contribution in [0.4, 0.5) is 9.59 Å². The van der Waals surface area contributed by atoms with Crippen molar-refractivity contribution in [2.24, 2.45) is 0 Å². The second-order valence-electron chi connectivity index (χ2n) is 6.05. The Morgan fingerprint density at radius 1 is 1.42 bits per heavy atom. The highest BCUT2D eigenvalue weighted by atomic mass is 16.6. The summed E-state index contributed by atoms with van der Waals surface area (Å²) in [4.78, 5) is 23.6. The van der Waals surface area contributed by atoms with Gasteiger partial charge in [0, 0.05) is 6.54 Å². The first kappa shape index (κ1) is 15.6. The zero-order valence-corrected chi connectivity index (χ0v) is 11.8. The maximum absolute atomic E-state index is 11.7. The third kappa shape index (κ3) is 4.59. The van der Waals surface area contributed by atoms with Crippen molar-refractivity contribution in [3.63, 3.8) is 0 Å². The van der Waals surface area contributed by atoms with Crippen LogP contribution < -0.4 is 5.32 Å². The summed E-state index contributed by atoms with van der Waals surface area (Å²) in [6.45, 7) is 6.98. The number of carboxylic acid groups (broad SMARTS) is 1. The zero-order chi connectivity index (χ0) is 14.8. The zero-order valence-electron chi connectivity index (χ0n) is 11.8. The fraction of sp³-hybridized carbons (Fsp3) is 0.833. The molecule has 1 fully saturated rings. The van der Waals surface area contributed by atoms with Crippen LogP contribution in [0.3, 0.4) is 0 Å². The highest BCUT2D eigenvalue weighted by Gasteiger charge is 2.41. The highest BCUT2D eigenvalue weighted by molar-refractivity contribution is 5.69. The number of hydrogen-bond acceptors (Lipinski definition) is 4. The summed E-state index contributed by atoms with van der Waals surface area (Å²) in [6, 6.07) is -0.530. The van der Waals surface area contributed by atoms with Crippen LogP contribution in [0.5, 0.6) is 0 Å². The minimum atomic E-state index is -1.31. The van der Waals surface area contributed by atoms with Crippen molar-refractivity contribution >= 4 is 12.2 Å². The number of hydrogen-bond donors (Lipinski definition) is 3. The topological polar surface area (TPSA) is 99.1 Å².